The third-order valence-electron chi connectivity index (χ3n) is 7.25. The summed E-state index contributed by atoms with van der Waals surface area (Å²) in [6, 6.07) is 24.5. The minimum absolute atomic E-state index is 0.256. The molecule has 0 bridgehead atoms. The second kappa shape index (κ2) is 12.8. The van der Waals surface area contributed by atoms with E-state index in [2.05, 4.69) is 12.1 Å². The highest BCUT2D eigenvalue weighted by atomic mass is 32.2. The van der Waals surface area contributed by atoms with Crippen LogP contribution in [0.1, 0.15) is 21.2 Å². The maximum atomic E-state index is 14.5. The van der Waals surface area contributed by atoms with Gasteiger partial charge in [-0.25, -0.2) is 4.79 Å². The second-order valence-electron chi connectivity index (χ2n) is 10.1. The largest absolute Gasteiger partial charge is 0.497 e. The predicted molar refractivity (Wildman–Crippen MR) is 165 cm³/mol. The summed E-state index contributed by atoms with van der Waals surface area (Å²) < 4.78 is 22.3. The molecule has 218 valence electrons. The summed E-state index contributed by atoms with van der Waals surface area (Å²) in [5, 5.41) is 1.58. The standard InChI is InChI=1S/C33H34N2O6S/c1-34(2)18-19-35-26-16-12-21-8-6-7-9-25(21)31(26)42-30(22-10-14-24(38-3)15-11-22)29(32(35)36)41-33(37)23-13-17-27(39-4)28(20-23)40-5/h6-17,20,29-30H,18-19H2,1-5H3. The van der Waals surface area contributed by atoms with Gasteiger partial charge >= 0.3 is 5.97 Å². The number of thioether (sulfide) groups is 1. The van der Waals surface area contributed by atoms with Gasteiger partial charge < -0.3 is 28.7 Å². The van der Waals surface area contributed by atoms with Crippen LogP contribution in [0.2, 0.25) is 0 Å². The number of likely N-dealkylation sites (N-methyl/N-ethyl adjacent to an activating group) is 1. The Morgan fingerprint density at radius 2 is 1.62 bits per heavy atom. The van der Waals surface area contributed by atoms with Crippen LogP contribution in [0.3, 0.4) is 0 Å². The quantitative estimate of drug-likeness (QED) is 0.227. The van der Waals surface area contributed by atoms with E-state index in [0.717, 1.165) is 26.9 Å². The molecule has 1 aliphatic rings. The third kappa shape index (κ3) is 5.89. The molecule has 9 heteroatoms. The highest BCUT2D eigenvalue weighted by molar-refractivity contribution is 8.00. The van der Waals surface area contributed by atoms with Gasteiger partial charge in [0.2, 0.25) is 0 Å². The Morgan fingerprint density at radius 3 is 2.31 bits per heavy atom. The fraction of sp³-hybridized carbons (Fsp3) is 0.273. The van der Waals surface area contributed by atoms with Gasteiger partial charge in [0.25, 0.3) is 5.91 Å². The Bertz CT molecular complexity index is 1590. The molecule has 5 rings (SSSR count). The highest BCUT2D eigenvalue weighted by Crippen LogP contribution is 2.49. The minimum Gasteiger partial charge on any atom is -0.497 e. The van der Waals surface area contributed by atoms with Gasteiger partial charge in [0.15, 0.2) is 17.6 Å². The average molecular weight is 587 g/mol. The molecular formula is C33H34N2O6S. The molecule has 1 amide bonds. The Kier molecular flexibility index (Phi) is 8.89. The normalized spacial score (nSPS) is 16.6. The van der Waals surface area contributed by atoms with E-state index in [4.69, 9.17) is 18.9 Å². The molecule has 0 radical (unpaired) electrons. The number of carbonyl (C=O) groups is 2. The first-order valence-electron chi connectivity index (χ1n) is 13.6. The van der Waals surface area contributed by atoms with E-state index in [1.54, 1.807) is 30.2 Å². The summed E-state index contributed by atoms with van der Waals surface area (Å²) >= 11 is 1.54. The van der Waals surface area contributed by atoms with Crippen molar-refractivity contribution in [2.45, 2.75) is 16.2 Å². The van der Waals surface area contributed by atoms with Crippen LogP contribution in [0.4, 0.5) is 5.69 Å². The first-order valence-corrected chi connectivity index (χ1v) is 14.4. The number of rotatable bonds is 9. The summed E-state index contributed by atoms with van der Waals surface area (Å²) in [7, 11) is 8.57. The average Bonchev–Trinajstić information content (AvgIpc) is 3.13. The fourth-order valence-corrected chi connectivity index (χ4v) is 6.44. The molecule has 42 heavy (non-hydrogen) atoms. The van der Waals surface area contributed by atoms with Gasteiger partial charge in [-0.15, -0.1) is 11.8 Å². The zero-order valence-corrected chi connectivity index (χ0v) is 25.1. The van der Waals surface area contributed by atoms with Crippen molar-refractivity contribution in [3.05, 3.63) is 90.0 Å². The Labute approximate surface area is 250 Å². The highest BCUT2D eigenvalue weighted by Gasteiger charge is 2.42. The zero-order chi connectivity index (χ0) is 29.8. The maximum absolute atomic E-state index is 14.5. The summed E-state index contributed by atoms with van der Waals surface area (Å²) in [6.45, 7) is 1.06. The second-order valence-corrected chi connectivity index (χ2v) is 11.3. The van der Waals surface area contributed by atoms with E-state index < -0.39 is 17.3 Å². The number of anilines is 1. The molecule has 2 atom stereocenters. The Morgan fingerprint density at radius 1 is 0.881 bits per heavy atom. The van der Waals surface area contributed by atoms with Crippen LogP contribution >= 0.6 is 11.8 Å². The van der Waals surface area contributed by atoms with Crippen LogP contribution < -0.4 is 19.1 Å². The molecule has 0 N–H and O–H groups in total. The Hall–Kier alpha value is -4.21. The number of fused-ring (bicyclic) bond motifs is 3. The molecule has 1 aliphatic heterocycles. The van der Waals surface area contributed by atoms with E-state index in [1.807, 2.05) is 67.5 Å². The van der Waals surface area contributed by atoms with E-state index in [0.29, 0.717) is 30.3 Å². The smallest absolute Gasteiger partial charge is 0.339 e. The van der Waals surface area contributed by atoms with Gasteiger partial charge in [-0.05, 0) is 66.8 Å². The van der Waals surface area contributed by atoms with Gasteiger partial charge in [-0.3, -0.25) is 4.79 Å². The van der Waals surface area contributed by atoms with Crippen molar-refractivity contribution >= 4 is 40.1 Å². The number of hydrogen-bond donors (Lipinski definition) is 0. The van der Waals surface area contributed by atoms with Gasteiger partial charge in [-0.1, -0.05) is 42.5 Å². The minimum atomic E-state index is -1.11. The molecule has 0 fully saturated rings. The van der Waals surface area contributed by atoms with Gasteiger partial charge in [0.1, 0.15) is 5.75 Å². The molecule has 0 spiro atoms. The first kappa shape index (κ1) is 29.3. The lowest BCUT2D eigenvalue weighted by atomic mass is 10.0. The van der Waals surface area contributed by atoms with Crippen molar-refractivity contribution in [1.82, 2.24) is 4.90 Å². The molecule has 1 heterocycles. The number of hydrogen-bond acceptors (Lipinski definition) is 8. The lowest BCUT2D eigenvalue weighted by Crippen LogP contribution is -2.45. The monoisotopic (exact) mass is 586 g/mol. The molecule has 8 nitrogen and oxygen atoms in total. The van der Waals surface area contributed by atoms with Crippen LogP contribution in [-0.4, -0.2) is 71.4 Å². The number of carbonyl (C=O) groups excluding carboxylic acids is 2. The van der Waals surface area contributed by atoms with Crippen molar-refractivity contribution < 1.29 is 28.5 Å². The molecule has 4 aromatic carbocycles. The molecular weight excluding hydrogens is 552 g/mol. The SMILES string of the molecule is COc1ccc(C2Sc3c(ccc4ccccc34)N(CCN(C)C)C(=O)C2OC(=O)c2ccc(OC)c(OC)c2)cc1. The van der Waals surface area contributed by atoms with Crippen molar-refractivity contribution in [3.63, 3.8) is 0 Å². The molecule has 0 saturated heterocycles. The summed E-state index contributed by atoms with van der Waals surface area (Å²) in [4.78, 5) is 32.9. The number of amides is 1. The van der Waals surface area contributed by atoms with Crippen molar-refractivity contribution in [1.29, 1.82) is 0 Å². The van der Waals surface area contributed by atoms with Crippen LogP contribution in [0.5, 0.6) is 17.2 Å². The number of methoxy groups -OCH3 is 3. The third-order valence-corrected chi connectivity index (χ3v) is 8.69. The first-order chi connectivity index (χ1) is 20.3. The summed E-state index contributed by atoms with van der Waals surface area (Å²) in [6.07, 6.45) is -1.11. The van der Waals surface area contributed by atoms with Crippen LogP contribution in [0, 0.1) is 0 Å². The van der Waals surface area contributed by atoms with Gasteiger partial charge in [0.05, 0.1) is 37.8 Å². The van der Waals surface area contributed by atoms with Gasteiger partial charge in [0, 0.05) is 18.0 Å². The molecule has 0 saturated carbocycles. The van der Waals surface area contributed by atoms with Crippen LogP contribution in [-0.2, 0) is 9.53 Å². The summed E-state index contributed by atoms with van der Waals surface area (Å²) in [5.41, 5.74) is 1.90. The lowest BCUT2D eigenvalue weighted by Gasteiger charge is -2.29. The van der Waals surface area contributed by atoms with E-state index in [1.165, 1.54) is 26.0 Å². The fourth-order valence-electron chi connectivity index (χ4n) is 4.98. The topological polar surface area (TPSA) is 77.5 Å². The zero-order valence-electron chi connectivity index (χ0n) is 24.3. The predicted octanol–water partition coefficient (Wildman–Crippen LogP) is 5.83. The van der Waals surface area contributed by atoms with Crippen molar-refractivity contribution in [2.24, 2.45) is 0 Å². The molecule has 0 aromatic heterocycles. The number of nitrogens with zero attached hydrogens (tertiary/aromatic N) is 2. The molecule has 4 aromatic rings. The van der Waals surface area contributed by atoms with Gasteiger partial charge in [-0.2, -0.15) is 0 Å². The summed E-state index contributed by atoms with van der Waals surface area (Å²) in [5.74, 6) is 0.668. The number of esters is 1. The number of ether oxygens (including phenoxy) is 4. The lowest BCUT2D eigenvalue weighted by molar-refractivity contribution is -0.127. The van der Waals surface area contributed by atoms with Crippen LogP contribution in [0.15, 0.2) is 83.8 Å². The van der Waals surface area contributed by atoms with Crippen LogP contribution in [0.25, 0.3) is 10.8 Å². The molecule has 2 unspecified atom stereocenters. The van der Waals surface area contributed by atoms with E-state index >= 15 is 0 Å². The van der Waals surface area contributed by atoms with E-state index in [-0.39, 0.29) is 11.5 Å². The Balaban J connectivity index is 1.63. The maximum Gasteiger partial charge on any atom is 0.339 e. The van der Waals surface area contributed by atoms with E-state index in [9.17, 15) is 9.59 Å². The van der Waals surface area contributed by atoms with Crippen molar-refractivity contribution in [2.75, 3.05) is 53.4 Å². The number of benzene rings is 4. The molecule has 0 aliphatic carbocycles. The van der Waals surface area contributed by atoms with Crippen molar-refractivity contribution in [3.8, 4) is 17.2 Å².